The fourth-order valence-corrected chi connectivity index (χ4v) is 3.47. The van der Waals surface area contributed by atoms with Gasteiger partial charge < -0.3 is 37.6 Å². The van der Waals surface area contributed by atoms with Crippen molar-refractivity contribution >= 4 is 41.4 Å². The minimum atomic E-state index is -1.47. The van der Waals surface area contributed by atoms with Crippen LogP contribution in [0.3, 0.4) is 0 Å². The molecule has 0 bridgehead atoms. The number of thioether (sulfide) groups is 1. The molecular formula is C22H33N5O7S. The molecule has 0 aliphatic heterocycles. The Hall–Kier alpha value is -3.16. The second-order valence-corrected chi connectivity index (χ2v) is 8.92. The van der Waals surface area contributed by atoms with Gasteiger partial charge in [-0.2, -0.15) is 11.8 Å². The lowest BCUT2D eigenvalue weighted by molar-refractivity contribution is -0.142. The lowest BCUT2D eigenvalue weighted by atomic mass is 10.0. The van der Waals surface area contributed by atoms with Crippen LogP contribution >= 0.6 is 11.8 Å². The van der Waals surface area contributed by atoms with Gasteiger partial charge >= 0.3 is 5.97 Å². The van der Waals surface area contributed by atoms with E-state index in [4.69, 9.17) is 11.5 Å². The van der Waals surface area contributed by atoms with Crippen LogP contribution in [-0.4, -0.2) is 82.1 Å². The number of rotatable bonds is 15. The molecule has 0 saturated heterocycles. The highest BCUT2D eigenvalue weighted by Gasteiger charge is 2.31. The van der Waals surface area contributed by atoms with Crippen molar-refractivity contribution in [2.24, 2.45) is 11.5 Å². The SMILES string of the molecule is CSCCC(NC(=O)C(Cc1ccccc1)NC(=O)C(CC(N)=O)NC(=O)C(N)C(C)O)C(=O)O. The van der Waals surface area contributed by atoms with Crippen LogP contribution in [0.5, 0.6) is 0 Å². The number of hydrogen-bond donors (Lipinski definition) is 7. The van der Waals surface area contributed by atoms with E-state index in [1.54, 1.807) is 36.6 Å². The quantitative estimate of drug-likeness (QED) is 0.140. The second-order valence-electron chi connectivity index (χ2n) is 7.93. The Kier molecular flexibility index (Phi) is 12.8. The predicted molar refractivity (Wildman–Crippen MR) is 130 cm³/mol. The summed E-state index contributed by atoms with van der Waals surface area (Å²) in [5, 5.41) is 26.1. The first-order chi connectivity index (χ1) is 16.5. The highest BCUT2D eigenvalue weighted by Crippen LogP contribution is 2.07. The Balaban J connectivity index is 3.12. The third-order valence-electron chi connectivity index (χ3n) is 5.00. The van der Waals surface area contributed by atoms with Crippen molar-refractivity contribution in [3.8, 4) is 0 Å². The topological polar surface area (TPSA) is 214 Å². The number of aliphatic carboxylic acids is 1. The van der Waals surface area contributed by atoms with Crippen LogP contribution in [0, 0.1) is 0 Å². The Morgan fingerprint density at radius 1 is 0.943 bits per heavy atom. The molecule has 0 spiro atoms. The molecular weight excluding hydrogens is 478 g/mol. The summed E-state index contributed by atoms with van der Waals surface area (Å²) in [7, 11) is 0. The van der Waals surface area contributed by atoms with Crippen molar-refractivity contribution < 1.29 is 34.2 Å². The molecule has 0 radical (unpaired) electrons. The molecule has 0 saturated carbocycles. The van der Waals surface area contributed by atoms with E-state index in [-0.39, 0.29) is 12.8 Å². The van der Waals surface area contributed by atoms with E-state index in [0.29, 0.717) is 11.3 Å². The Morgan fingerprint density at radius 3 is 2.00 bits per heavy atom. The monoisotopic (exact) mass is 511 g/mol. The van der Waals surface area contributed by atoms with Gasteiger partial charge in [-0.1, -0.05) is 30.3 Å². The number of carboxylic acids is 1. The van der Waals surface area contributed by atoms with Crippen molar-refractivity contribution in [3.05, 3.63) is 35.9 Å². The van der Waals surface area contributed by atoms with E-state index < -0.39 is 66.3 Å². The maximum atomic E-state index is 13.0. The molecule has 194 valence electrons. The van der Waals surface area contributed by atoms with Crippen LogP contribution in [0.4, 0.5) is 0 Å². The number of hydrogen-bond acceptors (Lipinski definition) is 8. The molecule has 9 N–H and O–H groups in total. The van der Waals surface area contributed by atoms with Gasteiger partial charge in [-0.25, -0.2) is 4.79 Å². The number of nitrogens with two attached hydrogens (primary N) is 2. The van der Waals surface area contributed by atoms with Gasteiger partial charge in [0.1, 0.15) is 24.2 Å². The number of carbonyl (C=O) groups is 5. The fraction of sp³-hybridized carbons (Fsp3) is 0.500. The molecule has 12 nitrogen and oxygen atoms in total. The maximum absolute atomic E-state index is 13.0. The molecule has 5 atom stereocenters. The number of primary amides is 1. The van der Waals surface area contributed by atoms with Gasteiger partial charge in [0, 0.05) is 6.42 Å². The third-order valence-corrected chi connectivity index (χ3v) is 5.65. The normalized spacial score (nSPS) is 15.1. The van der Waals surface area contributed by atoms with E-state index in [1.807, 2.05) is 0 Å². The van der Waals surface area contributed by atoms with E-state index in [9.17, 15) is 34.2 Å². The molecule has 35 heavy (non-hydrogen) atoms. The largest absolute Gasteiger partial charge is 0.480 e. The number of carbonyl (C=O) groups excluding carboxylic acids is 4. The van der Waals surface area contributed by atoms with Gasteiger partial charge in [0.05, 0.1) is 12.5 Å². The minimum Gasteiger partial charge on any atom is -0.480 e. The summed E-state index contributed by atoms with van der Waals surface area (Å²) in [4.78, 5) is 61.3. The molecule has 1 aromatic carbocycles. The molecule has 1 aromatic rings. The maximum Gasteiger partial charge on any atom is 0.326 e. The Labute approximate surface area is 207 Å². The van der Waals surface area contributed by atoms with E-state index >= 15 is 0 Å². The highest BCUT2D eigenvalue weighted by molar-refractivity contribution is 7.98. The molecule has 0 fully saturated rings. The van der Waals surface area contributed by atoms with Crippen LogP contribution in [0.25, 0.3) is 0 Å². The van der Waals surface area contributed by atoms with Crippen molar-refractivity contribution in [1.29, 1.82) is 0 Å². The van der Waals surface area contributed by atoms with Crippen molar-refractivity contribution in [2.45, 2.75) is 56.5 Å². The second kappa shape index (κ2) is 15.0. The zero-order valence-corrected chi connectivity index (χ0v) is 20.4. The number of benzene rings is 1. The molecule has 0 aromatic heterocycles. The van der Waals surface area contributed by atoms with Crippen LogP contribution in [0.1, 0.15) is 25.3 Å². The van der Waals surface area contributed by atoms with Gasteiger partial charge in [0.15, 0.2) is 0 Å². The molecule has 0 aliphatic rings. The number of amides is 4. The van der Waals surface area contributed by atoms with Crippen LogP contribution < -0.4 is 27.4 Å². The lowest BCUT2D eigenvalue weighted by Gasteiger charge is -2.25. The summed E-state index contributed by atoms with van der Waals surface area (Å²) in [5.74, 6) is -4.18. The average molecular weight is 512 g/mol. The van der Waals surface area contributed by atoms with E-state index in [0.717, 1.165) is 0 Å². The number of carboxylic acid groups (broad SMARTS) is 1. The van der Waals surface area contributed by atoms with Gasteiger partial charge in [0.2, 0.25) is 23.6 Å². The molecule has 4 amide bonds. The molecule has 13 heteroatoms. The zero-order chi connectivity index (χ0) is 26.5. The molecule has 1 rings (SSSR count). The summed E-state index contributed by atoms with van der Waals surface area (Å²) < 4.78 is 0. The van der Waals surface area contributed by atoms with Gasteiger partial charge in [-0.3, -0.25) is 19.2 Å². The summed E-state index contributed by atoms with van der Waals surface area (Å²) in [6.07, 6.45) is 0.173. The first-order valence-corrected chi connectivity index (χ1v) is 12.2. The van der Waals surface area contributed by atoms with Crippen molar-refractivity contribution in [1.82, 2.24) is 16.0 Å². The number of aliphatic hydroxyl groups is 1. The van der Waals surface area contributed by atoms with Crippen LogP contribution in [0.15, 0.2) is 30.3 Å². The smallest absolute Gasteiger partial charge is 0.326 e. The molecule has 5 unspecified atom stereocenters. The van der Waals surface area contributed by atoms with E-state index in [1.165, 1.54) is 18.7 Å². The molecule has 0 heterocycles. The average Bonchev–Trinajstić information content (AvgIpc) is 2.80. The van der Waals surface area contributed by atoms with Gasteiger partial charge in [0.25, 0.3) is 0 Å². The third kappa shape index (κ3) is 10.8. The summed E-state index contributed by atoms with van der Waals surface area (Å²) >= 11 is 1.42. The first kappa shape index (κ1) is 29.9. The summed E-state index contributed by atoms with van der Waals surface area (Å²) in [6, 6.07) is 3.45. The van der Waals surface area contributed by atoms with Crippen molar-refractivity contribution in [3.63, 3.8) is 0 Å². The lowest BCUT2D eigenvalue weighted by Crippen LogP contribution is -2.59. The predicted octanol–water partition coefficient (Wildman–Crippen LogP) is -1.90. The summed E-state index contributed by atoms with van der Waals surface area (Å²) in [6.45, 7) is 1.28. The minimum absolute atomic E-state index is 0.0116. The first-order valence-electron chi connectivity index (χ1n) is 10.8. The van der Waals surface area contributed by atoms with Gasteiger partial charge in [-0.15, -0.1) is 0 Å². The fourth-order valence-electron chi connectivity index (χ4n) is 2.99. The standard InChI is InChI=1S/C22H33N5O7S/c1-12(28)18(24)21(32)27-16(11-17(23)29)20(31)26-15(10-13-6-4-3-5-7-13)19(30)25-14(22(33)34)8-9-35-2/h3-7,12,14-16,18,28H,8-11,24H2,1-2H3,(H2,23,29)(H,25,30)(H,26,31)(H,27,32)(H,33,34). The molecule has 0 aliphatic carbocycles. The summed E-state index contributed by atoms with van der Waals surface area (Å²) in [5.41, 5.74) is 11.5. The van der Waals surface area contributed by atoms with Crippen LogP contribution in [0.2, 0.25) is 0 Å². The number of aliphatic hydroxyl groups excluding tert-OH is 1. The number of nitrogens with one attached hydrogen (secondary N) is 3. The zero-order valence-electron chi connectivity index (χ0n) is 19.6. The highest BCUT2D eigenvalue weighted by atomic mass is 32.2. The Morgan fingerprint density at radius 2 is 1.49 bits per heavy atom. The van der Waals surface area contributed by atoms with E-state index in [2.05, 4.69) is 16.0 Å². The van der Waals surface area contributed by atoms with Crippen molar-refractivity contribution in [2.75, 3.05) is 12.0 Å². The van der Waals surface area contributed by atoms with Gasteiger partial charge in [-0.05, 0) is 30.9 Å². The van der Waals surface area contributed by atoms with Crippen LogP contribution in [-0.2, 0) is 30.4 Å². The Bertz CT molecular complexity index is 884.